The number of aryl methyl sites for hydroxylation is 1. The molecule has 2 unspecified atom stereocenters. The molecule has 0 aliphatic carbocycles. The number of hydrogen-bond acceptors (Lipinski definition) is 4. The Labute approximate surface area is 147 Å². The van der Waals surface area contributed by atoms with Crippen LogP contribution in [0.3, 0.4) is 0 Å². The molecule has 1 aromatic rings. The number of hydrogen-bond donors (Lipinski definition) is 2. The fourth-order valence-corrected chi connectivity index (χ4v) is 3.52. The summed E-state index contributed by atoms with van der Waals surface area (Å²) in [7, 11) is 0. The standard InChI is InChI=1S/C18H25N3O4/c1-12-14(7-10-25-12)18(24)21-9-4-5-13(11-21)16(22)20-15-6-2-3-8-19-17(15)23/h7,10,13,15H,2-6,8-9,11H2,1H3,(H,19,23)(H,20,22). The van der Waals surface area contributed by atoms with Gasteiger partial charge in [0.1, 0.15) is 11.8 Å². The zero-order valence-electron chi connectivity index (χ0n) is 14.5. The molecule has 0 saturated carbocycles. The van der Waals surface area contributed by atoms with Gasteiger partial charge in [0, 0.05) is 19.6 Å². The summed E-state index contributed by atoms with van der Waals surface area (Å²) in [5, 5.41) is 5.70. The lowest BCUT2D eigenvalue weighted by Crippen LogP contribution is -2.51. The zero-order valence-corrected chi connectivity index (χ0v) is 14.5. The molecule has 2 N–H and O–H groups in total. The molecule has 3 amide bonds. The summed E-state index contributed by atoms with van der Waals surface area (Å²) in [5.41, 5.74) is 0.546. The maximum Gasteiger partial charge on any atom is 0.257 e. The van der Waals surface area contributed by atoms with E-state index in [-0.39, 0.29) is 23.6 Å². The van der Waals surface area contributed by atoms with Gasteiger partial charge in [-0.15, -0.1) is 0 Å². The maximum absolute atomic E-state index is 12.6. The predicted molar refractivity (Wildman–Crippen MR) is 90.9 cm³/mol. The summed E-state index contributed by atoms with van der Waals surface area (Å²) >= 11 is 0. The van der Waals surface area contributed by atoms with Gasteiger partial charge >= 0.3 is 0 Å². The van der Waals surface area contributed by atoms with Crippen LogP contribution in [0.5, 0.6) is 0 Å². The lowest BCUT2D eigenvalue weighted by atomic mass is 9.95. The summed E-state index contributed by atoms with van der Waals surface area (Å²) < 4.78 is 5.20. The SMILES string of the molecule is Cc1occc1C(=O)N1CCCC(C(=O)NC2CCCCNC2=O)C1. The van der Waals surface area contributed by atoms with Gasteiger partial charge in [0.05, 0.1) is 17.7 Å². The van der Waals surface area contributed by atoms with Crippen molar-refractivity contribution in [3.63, 3.8) is 0 Å². The Morgan fingerprint density at radius 2 is 2.12 bits per heavy atom. The first-order valence-electron chi connectivity index (χ1n) is 8.97. The molecular formula is C18H25N3O4. The minimum atomic E-state index is -0.461. The molecule has 136 valence electrons. The Morgan fingerprint density at radius 3 is 2.88 bits per heavy atom. The molecule has 7 heteroatoms. The Balaban J connectivity index is 1.60. The van der Waals surface area contributed by atoms with E-state index < -0.39 is 6.04 Å². The van der Waals surface area contributed by atoms with Gasteiger partial charge in [-0.2, -0.15) is 0 Å². The topological polar surface area (TPSA) is 91.7 Å². The Bertz CT molecular complexity index is 655. The Hall–Kier alpha value is -2.31. The largest absolute Gasteiger partial charge is 0.469 e. The fraction of sp³-hybridized carbons (Fsp3) is 0.611. The molecule has 1 aromatic heterocycles. The number of carbonyl (C=O) groups excluding carboxylic acids is 3. The third kappa shape index (κ3) is 4.03. The van der Waals surface area contributed by atoms with Crippen molar-refractivity contribution < 1.29 is 18.8 Å². The van der Waals surface area contributed by atoms with Crippen LogP contribution in [-0.4, -0.2) is 48.3 Å². The number of carbonyl (C=O) groups is 3. The first-order chi connectivity index (χ1) is 12.1. The summed E-state index contributed by atoms with van der Waals surface area (Å²) in [6, 6.07) is 1.20. The number of nitrogens with zero attached hydrogens (tertiary/aromatic N) is 1. The molecule has 3 heterocycles. The molecule has 0 radical (unpaired) electrons. The van der Waals surface area contributed by atoms with E-state index >= 15 is 0 Å². The quantitative estimate of drug-likeness (QED) is 0.860. The van der Waals surface area contributed by atoms with Crippen LogP contribution in [0.1, 0.15) is 48.2 Å². The van der Waals surface area contributed by atoms with Crippen LogP contribution in [0, 0.1) is 12.8 Å². The molecule has 25 heavy (non-hydrogen) atoms. The number of amides is 3. The van der Waals surface area contributed by atoms with Crippen molar-refractivity contribution in [2.24, 2.45) is 5.92 Å². The molecule has 2 saturated heterocycles. The second-order valence-electron chi connectivity index (χ2n) is 6.83. The van der Waals surface area contributed by atoms with Crippen molar-refractivity contribution in [2.45, 2.75) is 45.1 Å². The van der Waals surface area contributed by atoms with Crippen molar-refractivity contribution in [3.05, 3.63) is 23.7 Å². The van der Waals surface area contributed by atoms with Crippen molar-refractivity contribution >= 4 is 17.7 Å². The van der Waals surface area contributed by atoms with Crippen LogP contribution in [0.15, 0.2) is 16.7 Å². The molecular weight excluding hydrogens is 322 g/mol. The smallest absolute Gasteiger partial charge is 0.257 e. The summed E-state index contributed by atoms with van der Waals surface area (Å²) in [6.45, 7) is 3.44. The minimum Gasteiger partial charge on any atom is -0.469 e. The average molecular weight is 347 g/mol. The van der Waals surface area contributed by atoms with Gasteiger partial charge in [-0.25, -0.2) is 0 Å². The lowest BCUT2D eigenvalue weighted by Gasteiger charge is -2.32. The summed E-state index contributed by atoms with van der Waals surface area (Å²) in [5.74, 6) is -0.0318. The van der Waals surface area contributed by atoms with E-state index in [1.807, 2.05) is 0 Å². The highest BCUT2D eigenvalue weighted by Gasteiger charge is 2.32. The van der Waals surface area contributed by atoms with Crippen molar-refractivity contribution in [3.8, 4) is 0 Å². The summed E-state index contributed by atoms with van der Waals surface area (Å²) in [6.07, 6.45) is 5.53. The van der Waals surface area contributed by atoms with E-state index in [0.717, 1.165) is 25.7 Å². The van der Waals surface area contributed by atoms with E-state index in [9.17, 15) is 14.4 Å². The molecule has 2 aliphatic heterocycles. The van der Waals surface area contributed by atoms with Gasteiger partial charge in [-0.05, 0) is 45.1 Å². The van der Waals surface area contributed by atoms with Gasteiger partial charge in [0.2, 0.25) is 11.8 Å². The molecule has 0 bridgehead atoms. The highest BCUT2D eigenvalue weighted by Crippen LogP contribution is 2.21. The average Bonchev–Trinajstić information content (AvgIpc) is 2.95. The monoisotopic (exact) mass is 347 g/mol. The summed E-state index contributed by atoms with van der Waals surface area (Å²) in [4.78, 5) is 38.9. The fourth-order valence-electron chi connectivity index (χ4n) is 3.52. The van der Waals surface area contributed by atoms with Crippen LogP contribution in [0.25, 0.3) is 0 Å². The number of likely N-dealkylation sites (tertiary alicyclic amines) is 1. The number of rotatable bonds is 3. The Morgan fingerprint density at radius 1 is 1.28 bits per heavy atom. The maximum atomic E-state index is 12.6. The van der Waals surface area contributed by atoms with E-state index in [1.54, 1.807) is 17.9 Å². The zero-order chi connectivity index (χ0) is 17.8. The lowest BCUT2D eigenvalue weighted by molar-refractivity contribution is -0.131. The first-order valence-corrected chi connectivity index (χ1v) is 8.97. The number of nitrogens with one attached hydrogen (secondary N) is 2. The van der Waals surface area contributed by atoms with E-state index in [0.29, 0.717) is 37.4 Å². The van der Waals surface area contributed by atoms with Crippen LogP contribution in [-0.2, 0) is 9.59 Å². The number of furan rings is 1. The highest BCUT2D eigenvalue weighted by atomic mass is 16.3. The van der Waals surface area contributed by atoms with E-state index in [2.05, 4.69) is 10.6 Å². The van der Waals surface area contributed by atoms with Crippen LogP contribution in [0.4, 0.5) is 0 Å². The van der Waals surface area contributed by atoms with Gasteiger partial charge in [-0.3, -0.25) is 14.4 Å². The van der Waals surface area contributed by atoms with Crippen molar-refractivity contribution in [2.75, 3.05) is 19.6 Å². The second kappa shape index (κ2) is 7.72. The highest BCUT2D eigenvalue weighted by molar-refractivity contribution is 5.95. The molecule has 7 nitrogen and oxygen atoms in total. The molecule has 2 aliphatic rings. The predicted octanol–water partition coefficient (Wildman–Crippen LogP) is 1.23. The third-order valence-corrected chi connectivity index (χ3v) is 5.02. The Kier molecular flexibility index (Phi) is 5.40. The van der Waals surface area contributed by atoms with Crippen molar-refractivity contribution in [1.29, 1.82) is 0 Å². The molecule has 2 atom stereocenters. The second-order valence-corrected chi connectivity index (χ2v) is 6.83. The van der Waals surface area contributed by atoms with Gasteiger partial charge < -0.3 is 20.0 Å². The molecule has 3 rings (SSSR count). The third-order valence-electron chi connectivity index (χ3n) is 5.02. The molecule has 0 aromatic carbocycles. The van der Waals surface area contributed by atoms with Crippen LogP contribution < -0.4 is 10.6 Å². The van der Waals surface area contributed by atoms with Crippen LogP contribution in [0.2, 0.25) is 0 Å². The van der Waals surface area contributed by atoms with Gasteiger partial charge in [0.25, 0.3) is 5.91 Å². The number of piperidine rings is 1. The van der Waals surface area contributed by atoms with Gasteiger partial charge in [-0.1, -0.05) is 0 Å². The van der Waals surface area contributed by atoms with Gasteiger partial charge in [0.15, 0.2) is 0 Å². The van der Waals surface area contributed by atoms with Crippen LogP contribution >= 0.6 is 0 Å². The minimum absolute atomic E-state index is 0.101. The first kappa shape index (κ1) is 17.5. The normalized spacial score (nSPS) is 24.4. The molecule has 0 spiro atoms. The van der Waals surface area contributed by atoms with Crippen molar-refractivity contribution in [1.82, 2.24) is 15.5 Å². The van der Waals surface area contributed by atoms with E-state index in [1.165, 1.54) is 6.26 Å². The van der Waals surface area contributed by atoms with E-state index in [4.69, 9.17) is 4.42 Å². The molecule has 2 fully saturated rings.